The average molecular weight is 340 g/mol. The second kappa shape index (κ2) is 5.73. The van der Waals surface area contributed by atoms with E-state index in [1.165, 1.54) is 0 Å². The number of hydrogen-bond donors (Lipinski definition) is 1. The number of amides is 3. The summed E-state index contributed by atoms with van der Waals surface area (Å²) in [5.74, 6) is -0.711. The highest BCUT2D eigenvalue weighted by atomic mass is 16.5. The predicted octanol–water partition coefficient (Wildman–Crippen LogP) is 1.48. The Bertz CT molecular complexity index is 819. The van der Waals surface area contributed by atoms with Crippen LogP contribution in [-0.4, -0.2) is 45.4 Å². The summed E-state index contributed by atoms with van der Waals surface area (Å²) in [6.07, 6.45) is 1.98. The van der Waals surface area contributed by atoms with Crippen molar-refractivity contribution in [3.05, 3.63) is 47.5 Å². The van der Waals surface area contributed by atoms with Crippen LogP contribution in [-0.2, 0) is 22.5 Å². The van der Waals surface area contributed by atoms with E-state index >= 15 is 0 Å². The largest absolute Gasteiger partial charge is 0.462 e. The number of carbonyl (C=O) groups is 3. The molecule has 3 amide bonds. The topological polar surface area (TPSA) is 95.6 Å². The molecule has 128 valence electrons. The molecule has 1 aromatic carbocycles. The third kappa shape index (κ3) is 2.37. The van der Waals surface area contributed by atoms with E-state index in [1.54, 1.807) is 42.4 Å². The second-order valence-corrected chi connectivity index (χ2v) is 5.90. The molecule has 4 rings (SSSR count). The van der Waals surface area contributed by atoms with Gasteiger partial charge in [0.05, 0.1) is 42.1 Å². The number of ether oxygens (including phenoxy) is 1. The fourth-order valence-corrected chi connectivity index (χ4v) is 3.23. The molecule has 1 N–H and O–H groups in total. The number of nitrogens with one attached hydrogen (secondary N) is 1. The monoisotopic (exact) mass is 340 g/mol. The smallest absolute Gasteiger partial charge is 0.338 e. The van der Waals surface area contributed by atoms with Gasteiger partial charge in [-0.05, 0) is 31.2 Å². The van der Waals surface area contributed by atoms with Crippen LogP contribution in [0.2, 0.25) is 0 Å². The average Bonchev–Trinajstić information content (AvgIpc) is 3.17. The maximum Gasteiger partial charge on any atom is 0.338 e. The van der Waals surface area contributed by atoms with Gasteiger partial charge in [-0.3, -0.25) is 4.79 Å². The maximum atomic E-state index is 12.7. The standard InChI is InChI=1S/C17H16N4O4/c1-2-25-16(23)10-3-5-11(6-4-10)21-15(22)14-7-12-13(19-9-18-12)8-20(14)17(21)24/h3-6,9,14H,2,7-8H2,1H3,(H,18,19). The lowest BCUT2D eigenvalue weighted by Gasteiger charge is -2.25. The summed E-state index contributed by atoms with van der Waals surface area (Å²) in [4.78, 5) is 47.1. The molecule has 0 aliphatic carbocycles. The van der Waals surface area contributed by atoms with E-state index in [0.717, 1.165) is 16.3 Å². The molecule has 2 aliphatic rings. The summed E-state index contributed by atoms with van der Waals surface area (Å²) in [6.45, 7) is 2.35. The van der Waals surface area contributed by atoms with Crippen LogP contribution in [0.15, 0.2) is 30.6 Å². The van der Waals surface area contributed by atoms with Gasteiger partial charge in [0.25, 0.3) is 5.91 Å². The number of anilines is 1. The third-order valence-electron chi connectivity index (χ3n) is 4.48. The first-order valence-electron chi connectivity index (χ1n) is 8.03. The van der Waals surface area contributed by atoms with Crippen LogP contribution >= 0.6 is 0 Å². The number of fused-ring (bicyclic) bond motifs is 2. The fourth-order valence-electron chi connectivity index (χ4n) is 3.23. The van der Waals surface area contributed by atoms with Gasteiger partial charge in [-0.15, -0.1) is 0 Å². The number of aromatic nitrogens is 2. The molecule has 25 heavy (non-hydrogen) atoms. The Labute approximate surface area is 143 Å². The van der Waals surface area contributed by atoms with Crippen LogP contribution in [0.1, 0.15) is 28.7 Å². The third-order valence-corrected chi connectivity index (χ3v) is 4.48. The Balaban J connectivity index is 1.60. The number of imide groups is 1. The van der Waals surface area contributed by atoms with Crippen LogP contribution in [0.5, 0.6) is 0 Å². The summed E-state index contributed by atoms with van der Waals surface area (Å²) < 4.78 is 4.93. The highest BCUT2D eigenvalue weighted by Crippen LogP contribution is 2.31. The predicted molar refractivity (Wildman–Crippen MR) is 86.9 cm³/mol. The molecule has 1 atom stereocenters. The van der Waals surface area contributed by atoms with E-state index in [4.69, 9.17) is 4.74 Å². The van der Waals surface area contributed by atoms with Crippen molar-refractivity contribution in [3.63, 3.8) is 0 Å². The summed E-state index contributed by atoms with van der Waals surface area (Å²) in [7, 11) is 0. The molecule has 3 heterocycles. The molecule has 8 nitrogen and oxygen atoms in total. The number of benzene rings is 1. The summed E-state index contributed by atoms with van der Waals surface area (Å²) in [5, 5.41) is 0. The van der Waals surface area contributed by atoms with Crippen molar-refractivity contribution in [1.29, 1.82) is 0 Å². The van der Waals surface area contributed by atoms with Crippen molar-refractivity contribution in [2.75, 3.05) is 11.5 Å². The van der Waals surface area contributed by atoms with Gasteiger partial charge < -0.3 is 14.6 Å². The van der Waals surface area contributed by atoms with Crippen LogP contribution in [0, 0.1) is 0 Å². The van der Waals surface area contributed by atoms with Crippen molar-refractivity contribution in [2.24, 2.45) is 0 Å². The minimum absolute atomic E-state index is 0.275. The second-order valence-electron chi connectivity index (χ2n) is 5.90. The van der Waals surface area contributed by atoms with Crippen molar-refractivity contribution in [2.45, 2.75) is 25.9 Å². The number of carbonyl (C=O) groups excluding carboxylic acids is 3. The van der Waals surface area contributed by atoms with Gasteiger partial charge in [0.2, 0.25) is 0 Å². The van der Waals surface area contributed by atoms with Crippen LogP contribution in [0.25, 0.3) is 0 Å². The van der Waals surface area contributed by atoms with E-state index < -0.39 is 12.0 Å². The van der Waals surface area contributed by atoms with E-state index in [0.29, 0.717) is 24.2 Å². The van der Waals surface area contributed by atoms with E-state index in [9.17, 15) is 14.4 Å². The molecule has 1 unspecified atom stereocenters. The number of nitrogens with zero attached hydrogens (tertiary/aromatic N) is 3. The lowest BCUT2D eigenvalue weighted by atomic mass is 10.0. The molecular weight excluding hydrogens is 324 g/mol. The number of aromatic amines is 1. The quantitative estimate of drug-likeness (QED) is 0.674. The maximum absolute atomic E-state index is 12.7. The van der Waals surface area contributed by atoms with Crippen LogP contribution in [0.3, 0.4) is 0 Å². The van der Waals surface area contributed by atoms with E-state index in [2.05, 4.69) is 9.97 Å². The zero-order chi connectivity index (χ0) is 17.6. The van der Waals surface area contributed by atoms with Gasteiger partial charge >= 0.3 is 12.0 Å². The zero-order valence-electron chi connectivity index (χ0n) is 13.6. The number of urea groups is 1. The molecule has 8 heteroatoms. The normalized spacial score (nSPS) is 19.0. The van der Waals surface area contributed by atoms with Crippen LogP contribution in [0.4, 0.5) is 10.5 Å². The van der Waals surface area contributed by atoms with E-state index in [1.807, 2.05) is 0 Å². The SMILES string of the molecule is CCOC(=O)c1ccc(N2C(=O)C3Cc4nc[nH]c4CN3C2=O)cc1. The van der Waals surface area contributed by atoms with Crippen molar-refractivity contribution in [1.82, 2.24) is 14.9 Å². The minimum atomic E-state index is -0.534. The van der Waals surface area contributed by atoms with Gasteiger partial charge in [0, 0.05) is 6.42 Å². The molecule has 2 aromatic rings. The molecule has 1 fully saturated rings. The Hall–Kier alpha value is -3.16. The van der Waals surface area contributed by atoms with Crippen molar-refractivity contribution >= 4 is 23.6 Å². The molecule has 0 radical (unpaired) electrons. The molecule has 0 spiro atoms. The lowest BCUT2D eigenvalue weighted by molar-refractivity contribution is -0.120. The lowest BCUT2D eigenvalue weighted by Crippen LogP contribution is -2.40. The fraction of sp³-hybridized carbons (Fsp3) is 0.294. The number of esters is 1. The van der Waals surface area contributed by atoms with E-state index in [-0.39, 0.29) is 18.5 Å². The van der Waals surface area contributed by atoms with Gasteiger partial charge in [0.15, 0.2) is 0 Å². The first-order chi connectivity index (χ1) is 12.1. The number of hydrogen-bond acceptors (Lipinski definition) is 5. The van der Waals surface area contributed by atoms with Crippen LogP contribution < -0.4 is 4.90 Å². The molecule has 2 aliphatic heterocycles. The van der Waals surface area contributed by atoms with Gasteiger partial charge in [-0.1, -0.05) is 0 Å². The summed E-state index contributed by atoms with van der Waals surface area (Å²) >= 11 is 0. The zero-order valence-corrected chi connectivity index (χ0v) is 13.6. The van der Waals surface area contributed by atoms with Gasteiger partial charge in [0.1, 0.15) is 6.04 Å². The number of imidazole rings is 1. The Morgan fingerprint density at radius 1 is 1.32 bits per heavy atom. The molecule has 0 saturated carbocycles. The first-order valence-corrected chi connectivity index (χ1v) is 8.03. The molecule has 0 bridgehead atoms. The summed E-state index contributed by atoms with van der Waals surface area (Å²) in [5.41, 5.74) is 2.49. The Kier molecular flexibility index (Phi) is 3.52. The highest BCUT2D eigenvalue weighted by Gasteiger charge is 2.48. The first kappa shape index (κ1) is 15.4. The van der Waals surface area contributed by atoms with Gasteiger partial charge in [-0.25, -0.2) is 19.5 Å². The van der Waals surface area contributed by atoms with Crippen molar-refractivity contribution < 1.29 is 19.1 Å². The Morgan fingerprint density at radius 3 is 2.80 bits per heavy atom. The number of rotatable bonds is 3. The van der Waals surface area contributed by atoms with Gasteiger partial charge in [-0.2, -0.15) is 0 Å². The highest BCUT2D eigenvalue weighted by molar-refractivity contribution is 6.21. The van der Waals surface area contributed by atoms with Crippen molar-refractivity contribution in [3.8, 4) is 0 Å². The Morgan fingerprint density at radius 2 is 2.08 bits per heavy atom. The minimum Gasteiger partial charge on any atom is -0.462 e. The molecule has 1 aromatic heterocycles. The molecule has 1 saturated heterocycles. The summed E-state index contributed by atoms with van der Waals surface area (Å²) in [6, 6.07) is 5.37. The number of H-pyrrole nitrogens is 1. The molecular formula is C17H16N4O4.